The van der Waals surface area contributed by atoms with E-state index in [4.69, 9.17) is 5.11 Å². The van der Waals surface area contributed by atoms with Crippen molar-refractivity contribution >= 4 is 23.9 Å². The molecular formula is C10H8N2O3. The molecule has 2 rings (SSSR count). The van der Waals surface area contributed by atoms with Gasteiger partial charge in [-0.3, -0.25) is 9.59 Å². The quantitative estimate of drug-likeness (QED) is 0.678. The lowest BCUT2D eigenvalue weighted by Gasteiger charge is -2.19. The first-order chi connectivity index (χ1) is 7.09. The van der Waals surface area contributed by atoms with Gasteiger partial charge in [-0.2, -0.15) is 4.99 Å². The molecule has 2 aliphatic rings. The van der Waals surface area contributed by atoms with Crippen LogP contribution in [0.4, 0.5) is 0 Å². The van der Waals surface area contributed by atoms with E-state index in [1.807, 2.05) is 0 Å². The number of carboxylic acids is 1. The lowest BCUT2D eigenvalue weighted by atomic mass is 9.88. The Morgan fingerprint density at radius 2 is 2.27 bits per heavy atom. The van der Waals surface area contributed by atoms with Gasteiger partial charge in [-0.05, 0) is 13.0 Å². The van der Waals surface area contributed by atoms with Gasteiger partial charge in [0.15, 0.2) is 0 Å². The van der Waals surface area contributed by atoms with Crippen molar-refractivity contribution in [2.45, 2.75) is 6.92 Å². The van der Waals surface area contributed by atoms with Crippen LogP contribution in [0.3, 0.4) is 0 Å². The fraction of sp³-hybridized carbons (Fsp3) is 0.200. The summed E-state index contributed by atoms with van der Waals surface area (Å²) in [5.41, 5.74) is 1.29. The number of nitrogens with zero attached hydrogens (tertiary/aromatic N) is 2. The second-order valence-corrected chi connectivity index (χ2v) is 3.35. The van der Waals surface area contributed by atoms with Crippen LogP contribution in [0.25, 0.3) is 0 Å². The van der Waals surface area contributed by atoms with E-state index in [9.17, 15) is 9.59 Å². The molecular weight excluding hydrogens is 196 g/mol. The maximum atomic E-state index is 11.4. The molecule has 0 saturated heterocycles. The van der Waals surface area contributed by atoms with Gasteiger partial charge in [0.1, 0.15) is 12.3 Å². The van der Waals surface area contributed by atoms with E-state index in [0.29, 0.717) is 0 Å². The molecule has 1 unspecified atom stereocenters. The molecule has 76 valence electrons. The summed E-state index contributed by atoms with van der Waals surface area (Å²) >= 11 is 0. The summed E-state index contributed by atoms with van der Waals surface area (Å²) in [5.74, 6) is -2.29. The molecule has 1 amide bonds. The third-order valence-corrected chi connectivity index (χ3v) is 2.24. The van der Waals surface area contributed by atoms with Gasteiger partial charge in [0, 0.05) is 0 Å². The number of amides is 1. The summed E-state index contributed by atoms with van der Waals surface area (Å²) in [4.78, 5) is 29.7. The Labute approximate surface area is 85.5 Å². The van der Waals surface area contributed by atoms with Crippen LogP contribution in [0.15, 0.2) is 33.3 Å². The molecule has 0 aromatic rings. The molecule has 1 aliphatic heterocycles. The highest BCUT2D eigenvalue weighted by atomic mass is 16.4. The highest BCUT2D eigenvalue weighted by Gasteiger charge is 2.32. The molecule has 0 aromatic heterocycles. The first kappa shape index (κ1) is 9.51. The fourth-order valence-corrected chi connectivity index (χ4v) is 1.58. The Hall–Kier alpha value is -2.04. The Bertz CT molecular complexity index is 469. The zero-order chi connectivity index (χ0) is 11.0. The summed E-state index contributed by atoms with van der Waals surface area (Å²) in [7, 11) is 0. The molecule has 5 nitrogen and oxygen atoms in total. The van der Waals surface area contributed by atoms with Crippen LogP contribution in [-0.4, -0.2) is 29.0 Å². The largest absolute Gasteiger partial charge is 0.481 e. The predicted molar refractivity (Wildman–Crippen MR) is 53.9 cm³/mol. The van der Waals surface area contributed by atoms with Crippen molar-refractivity contribution in [2.24, 2.45) is 15.9 Å². The molecule has 0 radical (unpaired) electrons. The molecule has 0 fully saturated rings. The molecule has 15 heavy (non-hydrogen) atoms. The fourth-order valence-electron chi connectivity index (χ4n) is 1.58. The van der Waals surface area contributed by atoms with E-state index in [0.717, 1.165) is 11.9 Å². The van der Waals surface area contributed by atoms with Crippen LogP contribution < -0.4 is 0 Å². The first-order valence-electron chi connectivity index (χ1n) is 4.37. The van der Waals surface area contributed by atoms with Crippen LogP contribution in [0.1, 0.15) is 6.92 Å². The lowest BCUT2D eigenvalue weighted by molar-refractivity contribution is -0.138. The van der Waals surface area contributed by atoms with E-state index < -0.39 is 17.8 Å². The van der Waals surface area contributed by atoms with Gasteiger partial charge in [-0.25, -0.2) is 4.99 Å². The van der Waals surface area contributed by atoms with Crippen LogP contribution in [0.5, 0.6) is 0 Å². The molecule has 0 aromatic carbocycles. The Morgan fingerprint density at radius 1 is 1.53 bits per heavy atom. The summed E-state index contributed by atoms with van der Waals surface area (Å²) in [6, 6.07) is 0. The number of aliphatic carboxylic acids is 1. The average molecular weight is 204 g/mol. The number of allylic oxidation sites excluding steroid dienone is 2. The van der Waals surface area contributed by atoms with Gasteiger partial charge in [-0.15, -0.1) is 0 Å². The third-order valence-electron chi connectivity index (χ3n) is 2.24. The van der Waals surface area contributed by atoms with Gasteiger partial charge >= 0.3 is 5.97 Å². The number of fused-ring (bicyclic) bond motifs is 1. The molecule has 0 spiro atoms. The maximum Gasteiger partial charge on any atom is 0.316 e. The Balaban J connectivity index is 2.53. The molecule has 1 atom stereocenters. The van der Waals surface area contributed by atoms with Crippen molar-refractivity contribution in [1.29, 1.82) is 0 Å². The van der Waals surface area contributed by atoms with Gasteiger partial charge in [0.25, 0.3) is 5.91 Å². The van der Waals surface area contributed by atoms with Crippen molar-refractivity contribution in [1.82, 2.24) is 0 Å². The van der Waals surface area contributed by atoms with Crippen LogP contribution in [-0.2, 0) is 9.59 Å². The molecule has 1 heterocycles. The summed E-state index contributed by atoms with van der Waals surface area (Å²) in [6.45, 7) is 1.74. The van der Waals surface area contributed by atoms with Crippen molar-refractivity contribution in [3.05, 3.63) is 23.3 Å². The van der Waals surface area contributed by atoms with Gasteiger partial charge < -0.3 is 5.11 Å². The maximum absolute atomic E-state index is 11.4. The van der Waals surface area contributed by atoms with E-state index >= 15 is 0 Å². The standard InChI is InChI=1S/C10H8N2O3/c1-5-2-6-8(7(3-5)10(14)15)11-4-12-9(6)13/h2-4,7H,1H3,(H,14,15). The highest BCUT2D eigenvalue weighted by Crippen LogP contribution is 2.23. The van der Waals surface area contributed by atoms with Gasteiger partial charge in [-0.1, -0.05) is 11.6 Å². The number of carbonyl (C=O) groups is 2. The topological polar surface area (TPSA) is 79.1 Å². The van der Waals surface area contributed by atoms with E-state index in [2.05, 4.69) is 9.98 Å². The van der Waals surface area contributed by atoms with Crippen molar-refractivity contribution < 1.29 is 14.7 Å². The molecule has 0 saturated carbocycles. The third kappa shape index (κ3) is 1.52. The average Bonchev–Trinajstić information content (AvgIpc) is 2.18. The summed E-state index contributed by atoms with van der Waals surface area (Å²) < 4.78 is 0. The first-order valence-corrected chi connectivity index (χ1v) is 4.37. The second kappa shape index (κ2) is 3.27. The number of hydrogen-bond donors (Lipinski definition) is 1. The highest BCUT2D eigenvalue weighted by molar-refractivity contribution is 6.31. The molecule has 0 bridgehead atoms. The zero-order valence-corrected chi connectivity index (χ0v) is 7.97. The van der Waals surface area contributed by atoms with Crippen molar-refractivity contribution in [3.63, 3.8) is 0 Å². The Kier molecular flexibility index (Phi) is 2.07. The molecule has 1 aliphatic carbocycles. The van der Waals surface area contributed by atoms with Crippen LogP contribution >= 0.6 is 0 Å². The van der Waals surface area contributed by atoms with E-state index in [-0.39, 0.29) is 11.3 Å². The monoisotopic (exact) mass is 204 g/mol. The number of hydrogen-bond acceptors (Lipinski definition) is 3. The minimum absolute atomic E-state index is 0.271. The van der Waals surface area contributed by atoms with Crippen LogP contribution in [0.2, 0.25) is 0 Å². The van der Waals surface area contributed by atoms with Gasteiger partial charge in [0.2, 0.25) is 0 Å². The smallest absolute Gasteiger partial charge is 0.316 e. The SMILES string of the molecule is CC1=CC(C(=O)O)C2=NC=NC(=O)C2=C1. The van der Waals surface area contributed by atoms with E-state index in [1.165, 1.54) is 0 Å². The predicted octanol–water partition coefficient (Wildman–Crippen LogP) is 0.583. The normalized spacial score (nSPS) is 23.9. The van der Waals surface area contributed by atoms with E-state index in [1.54, 1.807) is 19.1 Å². The number of rotatable bonds is 1. The van der Waals surface area contributed by atoms with Crippen LogP contribution in [0, 0.1) is 5.92 Å². The minimum atomic E-state index is -1.01. The number of aliphatic imine (C=N–C) groups is 2. The Morgan fingerprint density at radius 3 is 2.93 bits per heavy atom. The van der Waals surface area contributed by atoms with Crippen molar-refractivity contribution in [2.75, 3.05) is 0 Å². The molecule has 5 heteroatoms. The van der Waals surface area contributed by atoms with Gasteiger partial charge in [0.05, 0.1) is 11.3 Å². The number of carbonyl (C=O) groups excluding carboxylic acids is 1. The zero-order valence-electron chi connectivity index (χ0n) is 7.97. The van der Waals surface area contributed by atoms with Crippen molar-refractivity contribution in [3.8, 4) is 0 Å². The lowest BCUT2D eigenvalue weighted by Crippen LogP contribution is -2.30. The second-order valence-electron chi connectivity index (χ2n) is 3.35. The summed E-state index contributed by atoms with van der Waals surface area (Å²) in [5, 5.41) is 8.97. The minimum Gasteiger partial charge on any atom is -0.481 e. The number of carboxylic acid groups (broad SMARTS) is 1. The summed E-state index contributed by atoms with van der Waals surface area (Å²) in [6.07, 6.45) is 4.27. The molecule has 1 N–H and O–H groups in total.